The van der Waals surface area contributed by atoms with E-state index >= 15 is 0 Å². The monoisotopic (exact) mass is 239 g/mol. The molecule has 0 radical (unpaired) electrons. The summed E-state index contributed by atoms with van der Waals surface area (Å²) in [7, 11) is 0. The van der Waals surface area contributed by atoms with Crippen molar-refractivity contribution in [2.45, 2.75) is 19.9 Å². The Morgan fingerprint density at radius 3 is 2.82 bits per heavy atom. The van der Waals surface area contributed by atoms with Crippen molar-refractivity contribution in [1.82, 2.24) is 25.6 Å². The van der Waals surface area contributed by atoms with Crippen LogP contribution >= 0.6 is 0 Å². The molecule has 3 amide bonds. The average molecular weight is 239 g/mol. The van der Waals surface area contributed by atoms with Gasteiger partial charge in [0.05, 0.1) is 6.20 Å². The van der Waals surface area contributed by atoms with Gasteiger partial charge in [0.25, 0.3) is 5.91 Å². The molecule has 0 fully saturated rings. The summed E-state index contributed by atoms with van der Waals surface area (Å²) in [6.45, 7) is 3.70. The fourth-order valence-electron chi connectivity index (χ4n) is 1.07. The predicted molar refractivity (Wildman–Crippen MR) is 57.3 cm³/mol. The van der Waals surface area contributed by atoms with Crippen LogP contribution in [0.3, 0.4) is 0 Å². The number of carbonyl (C=O) groups excluding carboxylic acids is 3. The van der Waals surface area contributed by atoms with E-state index in [0.717, 1.165) is 0 Å². The summed E-state index contributed by atoms with van der Waals surface area (Å²) in [5.74, 6) is -0.529. The first-order valence-electron chi connectivity index (χ1n) is 5.04. The van der Waals surface area contributed by atoms with Gasteiger partial charge in [-0.1, -0.05) is 5.21 Å². The van der Waals surface area contributed by atoms with Crippen molar-refractivity contribution in [2.24, 2.45) is 0 Å². The highest BCUT2D eigenvalue weighted by atomic mass is 16.2. The van der Waals surface area contributed by atoms with Gasteiger partial charge in [-0.3, -0.25) is 14.9 Å². The smallest absolute Gasteiger partial charge is 0.321 e. The van der Waals surface area contributed by atoms with Crippen LogP contribution in [-0.4, -0.2) is 39.8 Å². The summed E-state index contributed by atoms with van der Waals surface area (Å²) in [5.41, 5.74) is 0.127. The van der Waals surface area contributed by atoms with Crippen molar-refractivity contribution in [3.05, 3.63) is 11.9 Å². The van der Waals surface area contributed by atoms with Crippen LogP contribution in [0.4, 0.5) is 4.79 Å². The Hall–Kier alpha value is -2.25. The third-order valence-electron chi connectivity index (χ3n) is 2.00. The molecule has 1 rings (SSSR count). The number of aldehydes is 1. The van der Waals surface area contributed by atoms with Crippen LogP contribution in [0.2, 0.25) is 0 Å². The number of hydrogen-bond donors (Lipinski definition) is 2. The van der Waals surface area contributed by atoms with Gasteiger partial charge in [-0.2, -0.15) is 0 Å². The molecule has 17 heavy (non-hydrogen) atoms. The molecule has 1 aromatic heterocycles. The van der Waals surface area contributed by atoms with Crippen molar-refractivity contribution in [3.63, 3.8) is 0 Å². The van der Waals surface area contributed by atoms with Crippen molar-refractivity contribution in [3.8, 4) is 0 Å². The quantitative estimate of drug-likeness (QED) is 0.689. The topological polar surface area (TPSA) is 106 Å². The van der Waals surface area contributed by atoms with E-state index in [0.29, 0.717) is 12.8 Å². The molecule has 0 aromatic carbocycles. The zero-order valence-electron chi connectivity index (χ0n) is 9.51. The molecule has 92 valence electrons. The highest BCUT2D eigenvalue weighted by Gasteiger charge is 2.18. The van der Waals surface area contributed by atoms with Gasteiger partial charge in [0, 0.05) is 6.54 Å². The van der Waals surface area contributed by atoms with Gasteiger partial charge in [0.2, 0.25) is 0 Å². The molecule has 0 saturated heterocycles. The Kier molecular flexibility index (Phi) is 4.32. The van der Waals surface area contributed by atoms with Crippen molar-refractivity contribution in [2.75, 3.05) is 6.54 Å². The third kappa shape index (κ3) is 3.37. The number of nitrogens with zero attached hydrogens (tertiary/aromatic N) is 3. The minimum Gasteiger partial charge on any atom is -0.338 e. The van der Waals surface area contributed by atoms with E-state index in [1.807, 2.05) is 0 Å². The summed E-state index contributed by atoms with van der Waals surface area (Å²) >= 11 is 0. The standard InChI is InChI=1S/C9H13N5O3/c1-3-10-9(17)11-8(16)6(2)14-4-7(5-15)12-13-14/h4-6H,3H2,1-2H3,(H2,10,11,16,17). The van der Waals surface area contributed by atoms with E-state index in [4.69, 9.17) is 0 Å². The molecule has 0 aliphatic carbocycles. The minimum atomic E-state index is -0.723. The maximum Gasteiger partial charge on any atom is 0.321 e. The van der Waals surface area contributed by atoms with Crippen LogP contribution in [0.25, 0.3) is 0 Å². The lowest BCUT2D eigenvalue weighted by Gasteiger charge is -2.10. The Morgan fingerprint density at radius 1 is 1.59 bits per heavy atom. The molecule has 0 aliphatic heterocycles. The maximum absolute atomic E-state index is 11.6. The summed E-state index contributed by atoms with van der Waals surface area (Å²) in [6, 6.07) is -1.29. The highest BCUT2D eigenvalue weighted by molar-refractivity contribution is 5.96. The molecule has 8 nitrogen and oxygen atoms in total. The molecule has 0 aliphatic rings. The third-order valence-corrected chi connectivity index (χ3v) is 2.00. The second-order valence-corrected chi connectivity index (χ2v) is 3.27. The SMILES string of the molecule is CCNC(=O)NC(=O)C(C)n1cc(C=O)nn1. The number of nitrogens with one attached hydrogen (secondary N) is 2. The van der Waals surface area contributed by atoms with E-state index in [9.17, 15) is 14.4 Å². The van der Waals surface area contributed by atoms with Crippen LogP contribution in [0.1, 0.15) is 30.4 Å². The number of hydrogen-bond acceptors (Lipinski definition) is 5. The number of carbonyl (C=O) groups is 3. The summed E-state index contributed by atoms with van der Waals surface area (Å²) in [5, 5.41) is 11.7. The molecular weight excluding hydrogens is 226 g/mol. The zero-order chi connectivity index (χ0) is 12.8. The molecule has 0 bridgehead atoms. The van der Waals surface area contributed by atoms with Crippen LogP contribution in [0.5, 0.6) is 0 Å². The molecule has 0 saturated carbocycles. The Labute approximate surface area is 97.4 Å². The number of amides is 3. The lowest BCUT2D eigenvalue weighted by Crippen LogP contribution is -2.42. The van der Waals surface area contributed by atoms with Gasteiger partial charge in [0.15, 0.2) is 6.29 Å². The Bertz CT molecular complexity index is 428. The van der Waals surface area contributed by atoms with Gasteiger partial charge < -0.3 is 5.32 Å². The van der Waals surface area contributed by atoms with Crippen LogP contribution < -0.4 is 10.6 Å². The minimum absolute atomic E-state index is 0.127. The van der Waals surface area contributed by atoms with Crippen LogP contribution in [-0.2, 0) is 4.79 Å². The predicted octanol–water partition coefficient (Wildman–Crippen LogP) is -0.503. The number of rotatable bonds is 4. The average Bonchev–Trinajstić information content (AvgIpc) is 2.76. The summed E-state index contributed by atoms with van der Waals surface area (Å²) in [4.78, 5) is 33.1. The van der Waals surface area contributed by atoms with Gasteiger partial charge in [0.1, 0.15) is 11.7 Å². The molecule has 2 N–H and O–H groups in total. The largest absolute Gasteiger partial charge is 0.338 e. The number of imide groups is 1. The number of aromatic nitrogens is 3. The lowest BCUT2D eigenvalue weighted by molar-refractivity contribution is -0.123. The van der Waals surface area contributed by atoms with E-state index in [2.05, 4.69) is 20.9 Å². The number of urea groups is 1. The highest BCUT2D eigenvalue weighted by Crippen LogP contribution is 2.03. The molecular formula is C9H13N5O3. The molecule has 1 aromatic rings. The van der Waals surface area contributed by atoms with Crippen molar-refractivity contribution in [1.29, 1.82) is 0 Å². The second-order valence-electron chi connectivity index (χ2n) is 3.27. The molecule has 1 heterocycles. The fourth-order valence-corrected chi connectivity index (χ4v) is 1.07. The van der Waals surface area contributed by atoms with E-state index in [1.54, 1.807) is 6.92 Å². The van der Waals surface area contributed by atoms with Crippen LogP contribution in [0.15, 0.2) is 6.20 Å². The lowest BCUT2D eigenvalue weighted by atomic mass is 10.3. The van der Waals surface area contributed by atoms with E-state index < -0.39 is 18.0 Å². The second kappa shape index (κ2) is 5.73. The molecule has 0 spiro atoms. The van der Waals surface area contributed by atoms with Gasteiger partial charge in [-0.05, 0) is 13.8 Å². The van der Waals surface area contributed by atoms with Gasteiger partial charge >= 0.3 is 6.03 Å². The van der Waals surface area contributed by atoms with E-state index in [-0.39, 0.29) is 5.69 Å². The molecule has 1 unspecified atom stereocenters. The Balaban J connectivity index is 2.63. The molecule has 1 atom stereocenters. The van der Waals surface area contributed by atoms with Crippen molar-refractivity contribution >= 4 is 18.2 Å². The first-order chi connectivity index (χ1) is 8.08. The summed E-state index contributed by atoms with van der Waals surface area (Å²) in [6.07, 6.45) is 1.85. The Morgan fingerprint density at radius 2 is 2.29 bits per heavy atom. The molecule has 8 heteroatoms. The van der Waals surface area contributed by atoms with Crippen molar-refractivity contribution < 1.29 is 14.4 Å². The first kappa shape index (κ1) is 12.8. The van der Waals surface area contributed by atoms with Gasteiger partial charge in [-0.25, -0.2) is 9.48 Å². The zero-order valence-corrected chi connectivity index (χ0v) is 9.51. The maximum atomic E-state index is 11.6. The normalized spacial score (nSPS) is 11.6. The first-order valence-corrected chi connectivity index (χ1v) is 5.04. The van der Waals surface area contributed by atoms with Crippen LogP contribution in [0, 0.1) is 0 Å². The summed E-state index contributed by atoms with van der Waals surface area (Å²) < 4.78 is 1.21. The van der Waals surface area contributed by atoms with Gasteiger partial charge in [-0.15, -0.1) is 5.10 Å². The van der Waals surface area contributed by atoms with E-state index in [1.165, 1.54) is 17.8 Å². The fraction of sp³-hybridized carbons (Fsp3) is 0.444.